The van der Waals surface area contributed by atoms with Crippen LogP contribution in [0.15, 0.2) is 0 Å². The lowest BCUT2D eigenvalue weighted by Gasteiger charge is -2.14. The molecule has 16 heavy (non-hydrogen) atoms. The van der Waals surface area contributed by atoms with E-state index in [1.54, 1.807) is 0 Å². The first-order chi connectivity index (χ1) is 7.34. The van der Waals surface area contributed by atoms with Crippen molar-refractivity contribution in [1.29, 1.82) is 0 Å². The SMILES string of the molecule is CC(C)C(Cl)COS(=O)OCC(Cl)C(C)C. The average Bonchev–Trinajstić information content (AvgIpc) is 2.21. The van der Waals surface area contributed by atoms with Gasteiger partial charge in [0.15, 0.2) is 0 Å². The molecule has 2 unspecified atom stereocenters. The van der Waals surface area contributed by atoms with Crippen LogP contribution >= 0.6 is 23.2 Å². The fourth-order valence-electron chi connectivity index (χ4n) is 0.660. The molecule has 0 heterocycles. The van der Waals surface area contributed by atoms with E-state index in [0.717, 1.165) is 0 Å². The smallest absolute Gasteiger partial charge is 0.267 e. The molecular formula is C10H20Cl2O3S. The van der Waals surface area contributed by atoms with Crippen molar-refractivity contribution >= 4 is 34.6 Å². The van der Waals surface area contributed by atoms with Gasteiger partial charge in [-0.1, -0.05) is 27.7 Å². The highest BCUT2D eigenvalue weighted by Crippen LogP contribution is 2.12. The number of hydrogen-bond donors (Lipinski definition) is 0. The van der Waals surface area contributed by atoms with Gasteiger partial charge in [0.25, 0.3) is 0 Å². The van der Waals surface area contributed by atoms with Gasteiger partial charge in [-0.05, 0) is 11.8 Å². The van der Waals surface area contributed by atoms with Gasteiger partial charge in [-0.2, -0.15) is 4.21 Å². The van der Waals surface area contributed by atoms with E-state index >= 15 is 0 Å². The predicted molar refractivity (Wildman–Crippen MR) is 69.0 cm³/mol. The van der Waals surface area contributed by atoms with Crippen LogP contribution in [0.1, 0.15) is 27.7 Å². The number of halogens is 2. The molecule has 0 rings (SSSR count). The zero-order valence-electron chi connectivity index (χ0n) is 10.1. The molecule has 0 aromatic carbocycles. The van der Waals surface area contributed by atoms with Crippen molar-refractivity contribution < 1.29 is 12.6 Å². The zero-order chi connectivity index (χ0) is 12.7. The highest BCUT2D eigenvalue weighted by molar-refractivity contribution is 7.75. The summed E-state index contributed by atoms with van der Waals surface area (Å²) in [4.78, 5) is 0. The van der Waals surface area contributed by atoms with Crippen LogP contribution in [-0.2, 0) is 19.7 Å². The zero-order valence-corrected chi connectivity index (χ0v) is 12.4. The van der Waals surface area contributed by atoms with Gasteiger partial charge in [0, 0.05) is 0 Å². The monoisotopic (exact) mass is 290 g/mol. The Morgan fingerprint density at radius 1 is 0.938 bits per heavy atom. The molecule has 0 radical (unpaired) electrons. The Balaban J connectivity index is 3.67. The molecule has 0 aromatic rings. The molecule has 0 spiro atoms. The molecule has 0 fully saturated rings. The molecule has 0 aliphatic carbocycles. The van der Waals surface area contributed by atoms with Gasteiger partial charge in [-0.3, -0.25) is 8.37 Å². The second-order valence-electron chi connectivity index (χ2n) is 4.29. The van der Waals surface area contributed by atoms with E-state index in [1.807, 2.05) is 27.7 Å². The summed E-state index contributed by atoms with van der Waals surface area (Å²) in [6.07, 6.45) is 0. The topological polar surface area (TPSA) is 35.5 Å². The Labute approximate surface area is 111 Å². The van der Waals surface area contributed by atoms with Crippen LogP contribution in [0.2, 0.25) is 0 Å². The van der Waals surface area contributed by atoms with Crippen molar-refractivity contribution in [3.63, 3.8) is 0 Å². The van der Waals surface area contributed by atoms with Crippen molar-refractivity contribution in [3.8, 4) is 0 Å². The van der Waals surface area contributed by atoms with Crippen LogP contribution in [0.4, 0.5) is 0 Å². The molecule has 0 aromatic heterocycles. The summed E-state index contributed by atoms with van der Waals surface area (Å²) in [7, 11) is 0. The summed E-state index contributed by atoms with van der Waals surface area (Å²) in [5.41, 5.74) is 0. The normalized spacial score (nSPS) is 17.8. The van der Waals surface area contributed by atoms with Crippen LogP contribution in [0.3, 0.4) is 0 Å². The third-order valence-corrected chi connectivity index (χ3v) is 4.01. The molecule has 0 amide bonds. The molecule has 6 heteroatoms. The van der Waals surface area contributed by atoms with E-state index in [0.29, 0.717) is 0 Å². The lowest BCUT2D eigenvalue weighted by molar-refractivity contribution is 0.233. The van der Waals surface area contributed by atoms with E-state index in [1.165, 1.54) is 0 Å². The first kappa shape index (κ1) is 16.6. The Morgan fingerprint density at radius 3 is 1.50 bits per heavy atom. The highest BCUT2D eigenvalue weighted by atomic mass is 35.5. The fraction of sp³-hybridized carbons (Fsp3) is 1.00. The molecule has 0 bridgehead atoms. The lowest BCUT2D eigenvalue weighted by Crippen LogP contribution is -2.20. The van der Waals surface area contributed by atoms with Crippen LogP contribution in [0.5, 0.6) is 0 Å². The largest absolute Gasteiger partial charge is 0.304 e. The number of alkyl halides is 2. The predicted octanol–water partition coefficient (Wildman–Crippen LogP) is 3.13. The van der Waals surface area contributed by atoms with Crippen LogP contribution in [0.25, 0.3) is 0 Å². The minimum atomic E-state index is -1.76. The van der Waals surface area contributed by atoms with Gasteiger partial charge >= 0.3 is 11.4 Å². The average molecular weight is 291 g/mol. The summed E-state index contributed by atoms with van der Waals surface area (Å²) in [6, 6.07) is 0. The third-order valence-electron chi connectivity index (χ3n) is 2.09. The Bertz CT molecular complexity index is 192. The van der Waals surface area contributed by atoms with E-state index in [4.69, 9.17) is 31.6 Å². The second kappa shape index (κ2) is 8.70. The third kappa shape index (κ3) is 7.85. The summed E-state index contributed by atoms with van der Waals surface area (Å²) < 4.78 is 21.2. The number of rotatable bonds is 8. The standard InChI is InChI=1S/C10H20Cl2O3S/c1-7(2)9(11)5-14-16(13)15-6-10(12)8(3)4/h7-10H,5-6H2,1-4H3. The van der Waals surface area contributed by atoms with Gasteiger partial charge in [-0.25, -0.2) is 0 Å². The van der Waals surface area contributed by atoms with Crippen molar-refractivity contribution in [3.05, 3.63) is 0 Å². The van der Waals surface area contributed by atoms with Gasteiger partial charge in [0.05, 0.1) is 24.0 Å². The summed E-state index contributed by atoms with van der Waals surface area (Å²) in [6.45, 7) is 8.30. The molecule has 3 nitrogen and oxygen atoms in total. The Morgan fingerprint density at radius 2 is 1.25 bits per heavy atom. The first-order valence-electron chi connectivity index (χ1n) is 5.31. The highest BCUT2D eigenvalue weighted by Gasteiger charge is 2.15. The molecular weight excluding hydrogens is 271 g/mol. The Kier molecular flexibility index (Phi) is 9.05. The maximum absolute atomic E-state index is 11.2. The molecule has 0 aliphatic rings. The maximum atomic E-state index is 11.2. The quantitative estimate of drug-likeness (QED) is 0.645. The van der Waals surface area contributed by atoms with E-state index in [-0.39, 0.29) is 35.8 Å². The van der Waals surface area contributed by atoms with Gasteiger partial charge in [0.2, 0.25) is 0 Å². The van der Waals surface area contributed by atoms with Crippen molar-refractivity contribution in [1.82, 2.24) is 0 Å². The minimum Gasteiger partial charge on any atom is -0.267 e. The van der Waals surface area contributed by atoms with Crippen LogP contribution in [0, 0.1) is 11.8 Å². The minimum absolute atomic E-state index is 0.163. The van der Waals surface area contributed by atoms with E-state index < -0.39 is 11.4 Å². The van der Waals surface area contributed by atoms with Gasteiger partial charge in [-0.15, -0.1) is 23.2 Å². The molecule has 0 aliphatic heterocycles. The van der Waals surface area contributed by atoms with Gasteiger partial charge < -0.3 is 0 Å². The van der Waals surface area contributed by atoms with E-state index in [2.05, 4.69) is 0 Å². The van der Waals surface area contributed by atoms with Crippen molar-refractivity contribution in [2.75, 3.05) is 13.2 Å². The lowest BCUT2D eigenvalue weighted by atomic mass is 10.1. The number of hydrogen-bond acceptors (Lipinski definition) is 3. The molecule has 98 valence electrons. The Hall–Kier alpha value is 0.650. The molecule has 0 saturated carbocycles. The molecule has 0 saturated heterocycles. The van der Waals surface area contributed by atoms with Crippen LogP contribution < -0.4 is 0 Å². The van der Waals surface area contributed by atoms with E-state index in [9.17, 15) is 4.21 Å². The molecule has 0 N–H and O–H groups in total. The second-order valence-corrected chi connectivity index (χ2v) is 6.29. The summed E-state index contributed by atoms with van der Waals surface area (Å²) in [5.74, 6) is 0.546. The fourth-order valence-corrected chi connectivity index (χ4v) is 1.52. The van der Waals surface area contributed by atoms with Crippen molar-refractivity contribution in [2.24, 2.45) is 11.8 Å². The molecule has 2 atom stereocenters. The van der Waals surface area contributed by atoms with Gasteiger partial charge in [0.1, 0.15) is 0 Å². The summed E-state index contributed by atoms with van der Waals surface area (Å²) >= 11 is 10.1. The first-order valence-corrected chi connectivity index (χ1v) is 7.18. The summed E-state index contributed by atoms with van der Waals surface area (Å²) in [5, 5.41) is -0.325. The van der Waals surface area contributed by atoms with Crippen LogP contribution in [-0.4, -0.2) is 28.2 Å². The van der Waals surface area contributed by atoms with Crippen molar-refractivity contribution in [2.45, 2.75) is 38.4 Å². The maximum Gasteiger partial charge on any atom is 0.304 e.